The topological polar surface area (TPSA) is 73.6 Å². The molecule has 0 aromatic heterocycles. The van der Waals surface area contributed by atoms with Crippen LogP contribution in [-0.2, 0) is 4.74 Å². The lowest BCUT2D eigenvalue weighted by molar-refractivity contribution is 0.203. The normalized spacial score (nSPS) is 36.5. The van der Waals surface area contributed by atoms with Gasteiger partial charge in [-0.15, -0.1) is 0 Å². The molecule has 0 bridgehead atoms. The molecule has 1 heterocycles. The first-order valence-corrected chi connectivity index (χ1v) is 2.45. The van der Waals surface area contributed by atoms with E-state index in [1.54, 1.807) is 0 Å². The van der Waals surface area contributed by atoms with Crippen LogP contribution in [-0.4, -0.2) is 18.3 Å². The molecule has 0 radical (unpaired) electrons. The van der Waals surface area contributed by atoms with Gasteiger partial charge in [0.05, 0.1) is 0 Å². The Labute approximate surface area is 47.5 Å². The Balaban J connectivity index is 2.56. The molecule has 8 heavy (non-hydrogen) atoms. The molecule has 0 aromatic rings. The van der Waals surface area contributed by atoms with Crippen molar-refractivity contribution >= 4 is 6.02 Å². The third-order valence-corrected chi connectivity index (χ3v) is 1.06. The summed E-state index contributed by atoms with van der Waals surface area (Å²) in [4.78, 5) is 3.82. The minimum absolute atomic E-state index is 0.00926. The van der Waals surface area contributed by atoms with Gasteiger partial charge in [0.2, 0.25) is 0 Å². The summed E-state index contributed by atoms with van der Waals surface area (Å²) in [5.74, 6) is 0. The number of nitrogens with zero attached hydrogens (tertiary/aromatic N) is 1. The van der Waals surface area contributed by atoms with Crippen molar-refractivity contribution in [2.75, 3.05) is 0 Å². The Morgan fingerprint density at radius 1 is 1.75 bits per heavy atom. The summed E-state index contributed by atoms with van der Waals surface area (Å²) in [6.07, 6.45) is -0.338. The van der Waals surface area contributed by atoms with E-state index in [0.29, 0.717) is 0 Å². The molecular formula is C4H9N3O. The molecule has 2 atom stereocenters. The summed E-state index contributed by atoms with van der Waals surface area (Å²) in [7, 11) is 0. The van der Waals surface area contributed by atoms with Gasteiger partial charge in [-0.05, 0) is 6.92 Å². The predicted molar refractivity (Wildman–Crippen MR) is 30.1 cm³/mol. The number of aliphatic imine (C=N–C) groups is 1. The molecule has 0 amide bonds. The zero-order chi connectivity index (χ0) is 6.15. The van der Waals surface area contributed by atoms with Crippen molar-refractivity contribution in [3.05, 3.63) is 0 Å². The molecule has 1 aliphatic rings. The van der Waals surface area contributed by atoms with E-state index in [0.717, 1.165) is 0 Å². The first kappa shape index (κ1) is 5.37. The standard InChI is InChI=1S/C4H9N3O/c1-2-3(5)8-4(6)7-2/h2-3H,5H2,1H3,(H2,6,7). The summed E-state index contributed by atoms with van der Waals surface area (Å²) in [5, 5.41) is 0. The van der Waals surface area contributed by atoms with Gasteiger partial charge in [0, 0.05) is 0 Å². The molecule has 4 nitrogen and oxygen atoms in total. The maximum atomic E-state index is 5.35. The van der Waals surface area contributed by atoms with E-state index in [9.17, 15) is 0 Å². The number of amidine groups is 1. The van der Waals surface area contributed by atoms with Crippen molar-refractivity contribution in [2.24, 2.45) is 16.5 Å². The van der Waals surface area contributed by atoms with E-state index in [2.05, 4.69) is 4.99 Å². The van der Waals surface area contributed by atoms with E-state index in [1.807, 2.05) is 6.92 Å². The molecule has 0 saturated heterocycles. The first-order chi connectivity index (χ1) is 3.70. The van der Waals surface area contributed by atoms with Gasteiger partial charge in [-0.25, -0.2) is 4.99 Å². The third-order valence-electron chi connectivity index (χ3n) is 1.06. The number of hydrogen-bond acceptors (Lipinski definition) is 4. The Morgan fingerprint density at radius 2 is 2.38 bits per heavy atom. The number of hydrogen-bond donors (Lipinski definition) is 2. The van der Waals surface area contributed by atoms with Gasteiger partial charge in [0.1, 0.15) is 6.04 Å². The lowest BCUT2D eigenvalue weighted by atomic mass is 10.3. The van der Waals surface area contributed by atoms with Crippen LogP contribution in [0.2, 0.25) is 0 Å². The predicted octanol–water partition coefficient (Wildman–Crippen LogP) is -0.995. The average Bonchev–Trinajstić information content (AvgIpc) is 1.85. The Kier molecular flexibility index (Phi) is 1.09. The van der Waals surface area contributed by atoms with Crippen LogP contribution in [0.5, 0.6) is 0 Å². The summed E-state index contributed by atoms with van der Waals surface area (Å²) in [6.45, 7) is 1.85. The third kappa shape index (κ3) is 0.742. The monoisotopic (exact) mass is 115 g/mol. The molecule has 1 rings (SSSR count). The highest BCUT2D eigenvalue weighted by Gasteiger charge is 2.20. The molecule has 0 aliphatic carbocycles. The molecule has 2 unspecified atom stereocenters. The number of ether oxygens (including phenoxy) is 1. The highest BCUT2D eigenvalue weighted by atomic mass is 16.5. The van der Waals surface area contributed by atoms with Gasteiger partial charge in [-0.1, -0.05) is 0 Å². The quantitative estimate of drug-likeness (QED) is 0.425. The van der Waals surface area contributed by atoms with Crippen LogP contribution >= 0.6 is 0 Å². The van der Waals surface area contributed by atoms with E-state index >= 15 is 0 Å². The zero-order valence-corrected chi connectivity index (χ0v) is 4.66. The van der Waals surface area contributed by atoms with Gasteiger partial charge in [-0.3, -0.25) is 5.73 Å². The summed E-state index contributed by atoms with van der Waals surface area (Å²) in [6, 6.07) is 0.208. The van der Waals surface area contributed by atoms with Crippen LogP contribution in [0, 0.1) is 0 Å². The zero-order valence-electron chi connectivity index (χ0n) is 4.66. The van der Waals surface area contributed by atoms with Crippen molar-refractivity contribution in [3.63, 3.8) is 0 Å². The Bertz CT molecular complexity index is 122. The molecule has 0 fully saturated rings. The molecule has 4 N–H and O–H groups in total. The second-order valence-corrected chi connectivity index (χ2v) is 1.79. The second kappa shape index (κ2) is 1.63. The van der Waals surface area contributed by atoms with Crippen molar-refractivity contribution in [1.82, 2.24) is 0 Å². The van der Waals surface area contributed by atoms with Crippen molar-refractivity contribution in [3.8, 4) is 0 Å². The lowest BCUT2D eigenvalue weighted by Crippen LogP contribution is -2.30. The van der Waals surface area contributed by atoms with Crippen LogP contribution in [0.25, 0.3) is 0 Å². The molecular weight excluding hydrogens is 106 g/mol. The number of rotatable bonds is 0. The van der Waals surface area contributed by atoms with E-state index in [1.165, 1.54) is 0 Å². The highest BCUT2D eigenvalue weighted by molar-refractivity contribution is 5.73. The largest absolute Gasteiger partial charge is 0.444 e. The van der Waals surface area contributed by atoms with Gasteiger partial charge < -0.3 is 10.5 Å². The minimum Gasteiger partial charge on any atom is -0.444 e. The van der Waals surface area contributed by atoms with E-state index in [-0.39, 0.29) is 18.3 Å². The average molecular weight is 115 g/mol. The molecule has 4 heteroatoms. The SMILES string of the molecule is CC1N=C(N)OC1N. The van der Waals surface area contributed by atoms with Crippen molar-refractivity contribution in [2.45, 2.75) is 19.2 Å². The fourth-order valence-corrected chi connectivity index (χ4v) is 0.542. The molecule has 46 valence electrons. The molecule has 0 aromatic carbocycles. The van der Waals surface area contributed by atoms with Crippen LogP contribution in [0.4, 0.5) is 0 Å². The minimum atomic E-state index is -0.338. The van der Waals surface area contributed by atoms with E-state index in [4.69, 9.17) is 16.2 Å². The van der Waals surface area contributed by atoms with Crippen molar-refractivity contribution in [1.29, 1.82) is 0 Å². The fourth-order valence-electron chi connectivity index (χ4n) is 0.542. The van der Waals surface area contributed by atoms with Crippen LogP contribution in [0.3, 0.4) is 0 Å². The summed E-state index contributed by atoms with van der Waals surface area (Å²) in [5.41, 5.74) is 10.5. The van der Waals surface area contributed by atoms with Crippen molar-refractivity contribution < 1.29 is 4.74 Å². The maximum Gasteiger partial charge on any atom is 0.284 e. The van der Waals surface area contributed by atoms with Crippen LogP contribution in [0.1, 0.15) is 6.92 Å². The van der Waals surface area contributed by atoms with Gasteiger partial charge >= 0.3 is 0 Å². The highest BCUT2D eigenvalue weighted by Crippen LogP contribution is 2.04. The van der Waals surface area contributed by atoms with Crippen LogP contribution in [0.15, 0.2) is 4.99 Å². The van der Waals surface area contributed by atoms with Gasteiger partial charge in [-0.2, -0.15) is 0 Å². The summed E-state index contributed by atoms with van der Waals surface area (Å²) >= 11 is 0. The lowest BCUT2D eigenvalue weighted by Gasteiger charge is -2.04. The van der Waals surface area contributed by atoms with Gasteiger partial charge in [0.25, 0.3) is 6.02 Å². The van der Waals surface area contributed by atoms with Gasteiger partial charge in [0.15, 0.2) is 6.23 Å². The number of nitrogens with two attached hydrogens (primary N) is 2. The smallest absolute Gasteiger partial charge is 0.284 e. The van der Waals surface area contributed by atoms with E-state index < -0.39 is 0 Å². The summed E-state index contributed by atoms with van der Waals surface area (Å²) < 4.78 is 4.78. The van der Waals surface area contributed by atoms with Crippen LogP contribution < -0.4 is 11.5 Å². The first-order valence-electron chi connectivity index (χ1n) is 2.45. The fraction of sp³-hybridized carbons (Fsp3) is 0.750. The molecule has 0 saturated carbocycles. The Morgan fingerprint density at radius 3 is 2.50 bits per heavy atom. The Hall–Kier alpha value is -0.770. The molecule has 0 spiro atoms. The molecule has 1 aliphatic heterocycles. The second-order valence-electron chi connectivity index (χ2n) is 1.79. The maximum absolute atomic E-state index is 5.35.